The minimum Gasteiger partial charge on any atom is -0.469 e. The molecule has 0 unspecified atom stereocenters. The summed E-state index contributed by atoms with van der Waals surface area (Å²) in [4.78, 5) is 35.0. The maximum absolute atomic E-state index is 11.8. The first-order chi connectivity index (χ1) is 8.54. The molecule has 1 aromatic rings. The van der Waals surface area contributed by atoms with E-state index in [2.05, 4.69) is 9.15 Å². The summed E-state index contributed by atoms with van der Waals surface area (Å²) in [5, 5.41) is 0. The van der Waals surface area contributed by atoms with Gasteiger partial charge in [0.25, 0.3) is 5.91 Å². The SMILES string of the molecule is COC(=O)CCCN(C)C(=O)c1ccc(=O)oc1. The molecule has 0 bridgehead atoms. The second-order valence-electron chi connectivity index (χ2n) is 3.75. The number of ether oxygens (including phenoxy) is 1. The molecule has 6 heteroatoms. The third-order valence-corrected chi connectivity index (χ3v) is 2.40. The van der Waals surface area contributed by atoms with Crippen molar-refractivity contribution in [1.82, 2.24) is 4.90 Å². The normalized spacial score (nSPS) is 9.89. The molecular weight excluding hydrogens is 238 g/mol. The van der Waals surface area contributed by atoms with Crippen LogP contribution in [-0.2, 0) is 9.53 Å². The summed E-state index contributed by atoms with van der Waals surface area (Å²) in [7, 11) is 2.94. The predicted octanol–water partition coefficient (Wildman–Crippen LogP) is 0.665. The Labute approximate surface area is 104 Å². The third-order valence-electron chi connectivity index (χ3n) is 2.40. The molecule has 18 heavy (non-hydrogen) atoms. The zero-order valence-electron chi connectivity index (χ0n) is 10.3. The first kappa shape index (κ1) is 14.0. The van der Waals surface area contributed by atoms with Gasteiger partial charge in [-0.25, -0.2) is 4.79 Å². The maximum Gasteiger partial charge on any atom is 0.335 e. The topological polar surface area (TPSA) is 76.8 Å². The Balaban J connectivity index is 2.49. The van der Waals surface area contributed by atoms with E-state index in [0.29, 0.717) is 18.5 Å². The van der Waals surface area contributed by atoms with E-state index in [1.807, 2.05) is 0 Å². The lowest BCUT2D eigenvalue weighted by molar-refractivity contribution is -0.140. The lowest BCUT2D eigenvalue weighted by Gasteiger charge is -2.16. The van der Waals surface area contributed by atoms with Gasteiger partial charge < -0.3 is 14.1 Å². The van der Waals surface area contributed by atoms with E-state index in [1.54, 1.807) is 7.05 Å². The number of carbonyl (C=O) groups excluding carboxylic acids is 2. The Hall–Kier alpha value is -2.11. The van der Waals surface area contributed by atoms with E-state index >= 15 is 0 Å². The van der Waals surface area contributed by atoms with E-state index in [-0.39, 0.29) is 18.3 Å². The van der Waals surface area contributed by atoms with Crippen LogP contribution in [0.1, 0.15) is 23.2 Å². The Kier molecular flexibility index (Phi) is 5.10. The number of rotatable bonds is 5. The van der Waals surface area contributed by atoms with Crippen LogP contribution in [0.3, 0.4) is 0 Å². The molecule has 0 N–H and O–H groups in total. The van der Waals surface area contributed by atoms with E-state index in [1.165, 1.54) is 24.1 Å². The molecule has 1 heterocycles. The minimum absolute atomic E-state index is 0.261. The molecule has 98 valence electrons. The van der Waals surface area contributed by atoms with Gasteiger partial charge in [0, 0.05) is 26.1 Å². The molecule has 0 aliphatic heterocycles. The van der Waals surface area contributed by atoms with Crippen molar-refractivity contribution in [2.75, 3.05) is 20.7 Å². The fraction of sp³-hybridized carbons (Fsp3) is 0.417. The molecule has 6 nitrogen and oxygen atoms in total. The van der Waals surface area contributed by atoms with E-state index in [4.69, 9.17) is 0 Å². The fourth-order valence-corrected chi connectivity index (χ4v) is 1.36. The van der Waals surface area contributed by atoms with Crippen LogP contribution >= 0.6 is 0 Å². The van der Waals surface area contributed by atoms with Crippen molar-refractivity contribution in [2.45, 2.75) is 12.8 Å². The number of esters is 1. The van der Waals surface area contributed by atoms with Gasteiger partial charge in [0.1, 0.15) is 6.26 Å². The van der Waals surface area contributed by atoms with Gasteiger partial charge in [0.05, 0.1) is 12.7 Å². The average molecular weight is 253 g/mol. The third kappa shape index (κ3) is 4.04. The van der Waals surface area contributed by atoms with Crippen molar-refractivity contribution in [1.29, 1.82) is 0 Å². The molecule has 0 atom stereocenters. The lowest BCUT2D eigenvalue weighted by Crippen LogP contribution is -2.28. The highest BCUT2D eigenvalue weighted by Crippen LogP contribution is 2.03. The molecule has 0 saturated heterocycles. The van der Waals surface area contributed by atoms with Crippen molar-refractivity contribution in [3.63, 3.8) is 0 Å². The second kappa shape index (κ2) is 6.58. The zero-order valence-corrected chi connectivity index (χ0v) is 10.3. The van der Waals surface area contributed by atoms with E-state index < -0.39 is 5.63 Å². The maximum atomic E-state index is 11.8. The fourth-order valence-electron chi connectivity index (χ4n) is 1.36. The van der Waals surface area contributed by atoms with Crippen LogP contribution in [0.15, 0.2) is 27.6 Å². The zero-order chi connectivity index (χ0) is 13.5. The molecule has 1 rings (SSSR count). The van der Waals surface area contributed by atoms with Gasteiger partial charge in [-0.3, -0.25) is 9.59 Å². The number of nitrogens with zero attached hydrogens (tertiary/aromatic N) is 1. The Bertz CT molecular complexity index is 459. The van der Waals surface area contributed by atoms with Crippen LogP contribution in [-0.4, -0.2) is 37.5 Å². The highest BCUT2D eigenvalue weighted by atomic mass is 16.5. The van der Waals surface area contributed by atoms with Crippen molar-refractivity contribution in [2.24, 2.45) is 0 Å². The molecule has 1 amide bonds. The first-order valence-corrected chi connectivity index (χ1v) is 5.45. The summed E-state index contributed by atoms with van der Waals surface area (Å²) in [6.45, 7) is 0.424. The van der Waals surface area contributed by atoms with Crippen LogP contribution in [0.2, 0.25) is 0 Å². The molecular formula is C12H15NO5. The minimum atomic E-state index is -0.500. The van der Waals surface area contributed by atoms with Crippen molar-refractivity contribution in [3.05, 3.63) is 34.4 Å². The van der Waals surface area contributed by atoms with Crippen LogP contribution in [0, 0.1) is 0 Å². The quantitative estimate of drug-likeness (QED) is 0.720. The molecule has 0 radical (unpaired) electrons. The highest BCUT2D eigenvalue weighted by molar-refractivity contribution is 5.93. The number of methoxy groups -OCH3 is 1. The monoisotopic (exact) mass is 253 g/mol. The summed E-state index contributed by atoms with van der Waals surface area (Å²) in [5.74, 6) is -0.565. The molecule has 0 fully saturated rings. The molecule has 0 aliphatic rings. The van der Waals surface area contributed by atoms with Gasteiger partial charge in [-0.2, -0.15) is 0 Å². The van der Waals surface area contributed by atoms with Crippen molar-refractivity contribution >= 4 is 11.9 Å². The van der Waals surface area contributed by atoms with E-state index in [0.717, 1.165) is 6.26 Å². The van der Waals surface area contributed by atoms with E-state index in [9.17, 15) is 14.4 Å². The summed E-state index contributed by atoms with van der Waals surface area (Å²) in [6, 6.07) is 2.60. The van der Waals surface area contributed by atoms with Crippen LogP contribution < -0.4 is 5.63 Å². The predicted molar refractivity (Wildman–Crippen MR) is 63.2 cm³/mol. The number of hydrogen-bond donors (Lipinski definition) is 0. The van der Waals surface area contributed by atoms with Crippen LogP contribution in [0.25, 0.3) is 0 Å². The molecule has 1 aromatic heterocycles. The summed E-state index contributed by atoms with van der Waals surface area (Å²) in [5.41, 5.74) is -0.199. The van der Waals surface area contributed by atoms with Gasteiger partial charge >= 0.3 is 11.6 Å². The van der Waals surface area contributed by atoms with Crippen molar-refractivity contribution in [3.8, 4) is 0 Å². The standard InChI is InChI=1S/C12H15NO5/c1-13(7-3-4-10(14)17-2)12(16)9-5-6-11(15)18-8-9/h5-6,8H,3-4,7H2,1-2H3. The molecule has 0 aromatic carbocycles. The van der Waals surface area contributed by atoms with Gasteiger partial charge in [-0.05, 0) is 12.5 Å². The van der Waals surface area contributed by atoms with Crippen molar-refractivity contribution < 1.29 is 18.7 Å². The second-order valence-corrected chi connectivity index (χ2v) is 3.75. The smallest absolute Gasteiger partial charge is 0.335 e. The Morgan fingerprint density at radius 1 is 1.39 bits per heavy atom. The number of hydrogen-bond acceptors (Lipinski definition) is 5. The van der Waals surface area contributed by atoms with Crippen LogP contribution in [0.5, 0.6) is 0 Å². The first-order valence-electron chi connectivity index (χ1n) is 5.45. The highest BCUT2D eigenvalue weighted by Gasteiger charge is 2.12. The van der Waals surface area contributed by atoms with Gasteiger partial charge in [0.15, 0.2) is 0 Å². The average Bonchev–Trinajstić information content (AvgIpc) is 2.38. The van der Waals surface area contributed by atoms with Gasteiger partial charge in [-0.15, -0.1) is 0 Å². The summed E-state index contributed by atoms with van der Waals surface area (Å²) >= 11 is 0. The number of carbonyl (C=O) groups is 2. The number of amides is 1. The molecule has 0 saturated carbocycles. The molecule has 0 aliphatic carbocycles. The lowest BCUT2D eigenvalue weighted by atomic mass is 10.2. The summed E-state index contributed by atoms with van der Waals surface area (Å²) < 4.78 is 9.11. The van der Waals surface area contributed by atoms with Gasteiger partial charge in [0.2, 0.25) is 0 Å². The summed E-state index contributed by atoms with van der Waals surface area (Å²) in [6.07, 6.45) is 1.91. The largest absolute Gasteiger partial charge is 0.469 e. The van der Waals surface area contributed by atoms with Crippen LogP contribution in [0.4, 0.5) is 0 Å². The molecule has 0 spiro atoms. The Morgan fingerprint density at radius 3 is 2.67 bits per heavy atom. The Morgan fingerprint density at radius 2 is 2.11 bits per heavy atom. The van der Waals surface area contributed by atoms with Gasteiger partial charge in [-0.1, -0.05) is 0 Å².